The molecule has 0 spiro atoms. The summed E-state index contributed by atoms with van der Waals surface area (Å²) in [5.74, 6) is 0.00765. The lowest BCUT2D eigenvalue weighted by Gasteiger charge is -2.23. The van der Waals surface area contributed by atoms with Crippen molar-refractivity contribution in [1.82, 2.24) is 10.6 Å². The molecule has 104 valence electrons. The molecule has 18 heavy (non-hydrogen) atoms. The Hall–Kier alpha value is -0.650. The molecule has 0 aromatic rings. The van der Waals surface area contributed by atoms with E-state index >= 15 is 0 Å². The van der Waals surface area contributed by atoms with Crippen LogP contribution in [0.4, 0.5) is 0 Å². The van der Waals surface area contributed by atoms with Gasteiger partial charge in [0.2, 0.25) is 5.91 Å². The summed E-state index contributed by atoms with van der Waals surface area (Å²) in [4.78, 5) is 11.7. The summed E-state index contributed by atoms with van der Waals surface area (Å²) >= 11 is 0. The lowest BCUT2D eigenvalue weighted by molar-refractivity contribution is -0.132. The Morgan fingerprint density at radius 2 is 2.11 bits per heavy atom. The van der Waals surface area contributed by atoms with Gasteiger partial charge >= 0.3 is 0 Å². The smallest absolute Gasteiger partial charge is 0.249 e. The molecule has 5 nitrogen and oxygen atoms in total. The second-order valence-corrected chi connectivity index (χ2v) is 5.12. The van der Waals surface area contributed by atoms with Crippen LogP contribution in [0.15, 0.2) is 0 Å². The van der Waals surface area contributed by atoms with Gasteiger partial charge in [0.25, 0.3) is 0 Å². The quantitative estimate of drug-likeness (QED) is 0.701. The zero-order valence-corrected chi connectivity index (χ0v) is 11.1. The Morgan fingerprint density at radius 3 is 2.78 bits per heavy atom. The van der Waals surface area contributed by atoms with Crippen LogP contribution < -0.4 is 10.6 Å². The minimum absolute atomic E-state index is 0.00765. The molecule has 2 unspecified atom stereocenters. The molecular weight excluding hydrogens is 232 g/mol. The van der Waals surface area contributed by atoms with E-state index in [9.17, 15) is 4.79 Å². The molecule has 2 rings (SSSR count). The maximum absolute atomic E-state index is 11.7. The van der Waals surface area contributed by atoms with Crippen LogP contribution in [0, 0.1) is 0 Å². The highest BCUT2D eigenvalue weighted by molar-refractivity contribution is 5.80. The molecule has 0 aliphatic carbocycles. The Bertz CT molecular complexity index is 267. The van der Waals surface area contributed by atoms with E-state index in [1.54, 1.807) is 0 Å². The summed E-state index contributed by atoms with van der Waals surface area (Å²) in [6, 6.07) is 0. The topological polar surface area (TPSA) is 59.6 Å². The highest BCUT2D eigenvalue weighted by atomic mass is 16.5. The summed E-state index contributed by atoms with van der Waals surface area (Å²) in [5, 5.41) is 6.18. The van der Waals surface area contributed by atoms with Gasteiger partial charge in [-0.05, 0) is 45.7 Å². The molecule has 2 heterocycles. The van der Waals surface area contributed by atoms with E-state index in [1.807, 2.05) is 6.92 Å². The molecule has 0 aromatic carbocycles. The van der Waals surface area contributed by atoms with Crippen molar-refractivity contribution in [3.8, 4) is 0 Å². The van der Waals surface area contributed by atoms with Crippen molar-refractivity contribution in [3.05, 3.63) is 0 Å². The summed E-state index contributed by atoms with van der Waals surface area (Å²) in [6.07, 6.45) is 4.26. The second kappa shape index (κ2) is 7.07. The van der Waals surface area contributed by atoms with Crippen molar-refractivity contribution in [1.29, 1.82) is 0 Å². The van der Waals surface area contributed by atoms with Gasteiger partial charge in [0.15, 0.2) is 0 Å². The van der Waals surface area contributed by atoms with Crippen molar-refractivity contribution in [2.75, 3.05) is 26.2 Å². The molecule has 2 atom stereocenters. The van der Waals surface area contributed by atoms with Crippen LogP contribution in [-0.4, -0.2) is 50.5 Å². The van der Waals surface area contributed by atoms with Gasteiger partial charge in [-0.1, -0.05) is 0 Å². The average Bonchev–Trinajstić information content (AvgIpc) is 2.82. The van der Waals surface area contributed by atoms with Crippen LogP contribution >= 0.6 is 0 Å². The lowest BCUT2D eigenvalue weighted by atomic mass is 10.1. The maximum Gasteiger partial charge on any atom is 0.249 e. The van der Waals surface area contributed by atoms with E-state index in [2.05, 4.69) is 10.6 Å². The van der Waals surface area contributed by atoms with E-state index in [-0.39, 0.29) is 18.1 Å². The maximum atomic E-state index is 11.7. The van der Waals surface area contributed by atoms with Gasteiger partial charge in [0.1, 0.15) is 6.10 Å². The van der Waals surface area contributed by atoms with E-state index in [0.29, 0.717) is 19.3 Å². The molecule has 0 saturated carbocycles. The number of ether oxygens (including phenoxy) is 2. The molecule has 2 saturated heterocycles. The van der Waals surface area contributed by atoms with Crippen molar-refractivity contribution < 1.29 is 14.3 Å². The number of hydrogen-bond acceptors (Lipinski definition) is 4. The SMILES string of the molecule is CC1CCC(C(=O)NCCOC2CCNCC2)O1. The van der Waals surface area contributed by atoms with E-state index in [4.69, 9.17) is 9.47 Å². The fourth-order valence-electron chi connectivity index (χ4n) is 2.47. The monoisotopic (exact) mass is 256 g/mol. The summed E-state index contributed by atoms with van der Waals surface area (Å²) in [5.41, 5.74) is 0. The van der Waals surface area contributed by atoms with E-state index in [0.717, 1.165) is 38.8 Å². The first-order valence-corrected chi connectivity index (χ1v) is 7.01. The van der Waals surface area contributed by atoms with Crippen LogP contribution in [-0.2, 0) is 14.3 Å². The molecule has 2 fully saturated rings. The molecule has 0 bridgehead atoms. The van der Waals surface area contributed by atoms with Crippen molar-refractivity contribution in [3.63, 3.8) is 0 Å². The number of carbonyl (C=O) groups is 1. The summed E-state index contributed by atoms with van der Waals surface area (Å²) in [6.45, 7) is 5.25. The van der Waals surface area contributed by atoms with Gasteiger partial charge < -0.3 is 20.1 Å². The van der Waals surface area contributed by atoms with Crippen molar-refractivity contribution in [2.24, 2.45) is 0 Å². The highest BCUT2D eigenvalue weighted by Gasteiger charge is 2.27. The number of amides is 1. The second-order valence-electron chi connectivity index (χ2n) is 5.12. The largest absolute Gasteiger partial charge is 0.376 e. The number of rotatable bonds is 5. The Balaban J connectivity index is 1.53. The number of carbonyl (C=O) groups excluding carboxylic acids is 1. The predicted octanol–water partition coefficient (Wildman–Crippen LogP) is 0.439. The average molecular weight is 256 g/mol. The minimum atomic E-state index is -0.251. The summed E-state index contributed by atoms with van der Waals surface area (Å²) < 4.78 is 11.2. The van der Waals surface area contributed by atoms with Gasteiger partial charge in [-0.25, -0.2) is 0 Å². The van der Waals surface area contributed by atoms with E-state index in [1.165, 1.54) is 0 Å². The van der Waals surface area contributed by atoms with Gasteiger partial charge in [0, 0.05) is 6.54 Å². The van der Waals surface area contributed by atoms with Gasteiger partial charge in [-0.3, -0.25) is 4.79 Å². The zero-order valence-electron chi connectivity index (χ0n) is 11.1. The zero-order chi connectivity index (χ0) is 12.8. The Morgan fingerprint density at radius 1 is 1.33 bits per heavy atom. The normalized spacial score (nSPS) is 29.4. The van der Waals surface area contributed by atoms with Crippen molar-refractivity contribution >= 4 is 5.91 Å². The third kappa shape index (κ3) is 4.23. The third-order valence-electron chi connectivity index (χ3n) is 3.57. The van der Waals surface area contributed by atoms with Gasteiger partial charge in [0.05, 0.1) is 18.8 Å². The number of hydrogen-bond donors (Lipinski definition) is 2. The standard InChI is InChI=1S/C13H24N2O3/c1-10-2-3-12(18-10)13(16)15-8-9-17-11-4-6-14-7-5-11/h10-12,14H,2-9H2,1H3,(H,15,16). The molecular formula is C13H24N2O3. The third-order valence-corrected chi connectivity index (χ3v) is 3.57. The van der Waals surface area contributed by atoms with Crippen LogP contribution in [0.2, 0.25) is 0 Å². The first kappa shape index (κ1) is 13.8. The predicted molar refractivity (Wildman–Crippen MR) is 68.4 cm³/mol. The fraction of sp³-hybridized carbons (Fsp3) is 0.923. The molecule has 2 aliphatic heterocycles. The first-order valence-electron chi connectivity index (χ1n) is 7.01. The van der Waals surface area contributed by atoms with Crippen LogP contribution in [0.3, 0.4) is 0 Å². The fourth-order valence-corrected chi connectivity index (χ4v) is 2.47. The van der Waals surface area contributed by atoms with Crippen LogP contribution in [0.5, 0.6) is 0 Å². The lowest BCUT2D eigenvalue weighted by Crippen LogP contribution is -2.38. The minimum Gasteiger partial charge on any atom is -0.376 e. The van der Waals surface area contributed by atoms with Gasteiger partial charge in [-0.2, -0.15) is 0 Å². The number of piperidine rings is 1. The molecule has 0 radical (unpaired) electrons. The molecule has 5 heteroatoms. The Labute approximate surface area is 109 Å². The first-order chi connectivity index (χ1) is 8.75. The molecule has 1 amide bonds. The Kier molecular flexibility index (Phi) is 5.41. The molecule has 2 N–H and O–H groups in total. The molecule has 2 aliphatic rings. The van der Waals surface area contributed by atoms with Crippen molar-refractivity contribution in [2.45, 2.75) is 50.9 Å². The number of nitrogens with one attached hydrogen (secondary N) is 2. The van der Waals surface area contributed by atoms with Crippen LogP contribution in [0.1, 0.15) is 32.6 Å². The van der Waals surface area contributed by atoms with E-state index < -0.39 is 0 Å². The van der Waals surface area contributed by atoms with Gasteiger partial charge in [-0.15, -0.1) is 0 Å². The molecule has 0 aromatic heterocycles. The summed E-state index contributed by atoms with van der Waals surface area (Å²) in [7, 11) is 0. The highest BCUT2D eigenvalue weighted by Crippen LogP contribution is 2.18. The van der Waals surface area contributed by atoms with Crippen LogP contribution in [0.25, 0.3) is 0 Å².